The highest BCUT2D eigenvalue weighted by atomic mass is 16.4. The van der Waals surface area contributed by atoms with Crippen LogP contribution in [-0.4, -0.2) is 11.1 Å². The molecule has 1 unspecified atom stereocenters. The van der Waals surface area contributed by atoms with E-state index in [1.807, 2.05) is 38.1 Å². The van der Waals surface area contributed by atoms with E-state index in [1.54, 1.807) is 0 Å². The summed E-state index contributed by atoms with van der Waals surface area (Å²) in [5.74, 6) is -0.578. The number of aliphatic carboxylic acids is 1. The van der Waals surface area contributed by atoms with Gasteiger partial charge in [0, 0.05) is 0 Å². The molecule has 0 saturated carbocycles. The van der Waals surface area contributed by atoms with Crippen LogP contribution in [0.5, 0.6) is 0 Å². The lowest BCUT2D eigenvalue weighted by atomic mass is 9.93. The van der Waals surface area contributed by atoms with Gasteiger partial charge in [0.2, 0.25) is 0 Å². The summed E-state index contributed by atoms with van der Waals surface area (Å²) in [6.07, 6.45) is 1.09. The third-order valence-corrected chi connectivity index (χ3v) is 2.46. The zero-order valence-corrected chi connectivity index (χ0v) is 8.66. The van der Waals surface area contributed by atoms with Gasteiger partial charge in [-0.1, -0.05) is 36.8 Å². The molecule has 0 heterocycles. The van der Waals surface area contributed by atoms with Gasteiger partial charge in [-0.05, 0) is 24.8 Å². The second kappa shape index (κ2) is 4.80. The van der Waals surface area contributed by atoms with Crippen LogP contribution < -0.4 is 0 Å². The van der Waals surface area contributed by atoms with E-state index in [9.17, 15) is 4.79 Å². The number of carbonyl (C=O) groups is 1. The smallest absolute Gasteiger partial charge is 0.303 e. The van der Waals surface area contributed by atoms with Crippen molar-refractivity contribution in [1.29, 1.82) is 0 Å². The average molecular weight is 192 g/mol. The normalized spacial score (nSPS) is 12.4. The first-order valence-electron chi connectivity index (χ1n) is 4.91. The van der Waals surface area contributed by atoms with Crippen LogP contribution in [0.1, 0.15) is 36.8 Å². The summed E-state index contributed by atoms with van der Waals surface area (Å²) in [6.45, 7) is 4.05. The number of rotatable bonds is 4. The van der Waals surface area contributed by atoms with Gasteiger partial charge >= 0.3 is 5.97 Å². The molecule has 0 aliphatic rings. The lowest BCUT2D eigenvalue weighted by molar-refractivity contribution is -0.137. The summed E-state index contributed by atoms with van der Waals surface area (Å²) in [7, 11) is 0. The fraction of sp³-hybridized carbons (Fsp3) is 0.417. The molecule has 2 nitrogen and oxygen atoms in total. The third kappa shape index (κ3) is 2.87. The van der Waals surface area contributed by atoms with Gasteiger partial charge in [0.25, 0.3) is 0 Å². The van der Waals surface area contributed by atoms with Crippen molar-refractivity contribution in [3.63, 3.8) is 0 Å². The van der Waals surface area contributed by atoms with Gasteiger partial charge < -0.3 is 5.11 Å². The molecule has 14 heavy (non-hydrogen) atoms. The highest BCUT2D eigenvalue weighted by Gasteiger charge is 2.12. The highest BCUT2D eigenvalue weighted by molar-refractivity contribution is 5.68. The number of aryl methyl sites for hydroxylation is 1. The van der Waals surface area contributed by atoms with E-state index in [1.165, 1.54) is 5.56 Å². The van der Waals surface area contributed by atoms with Gasteiger partial charge in [0.1, 0.15) is 0 Å². The molecule has 0 aliphatic heterocycles. The van der Waals surface area contributed by atoms with E-state index in [2.05, 4.69) is 0 Å². The van der Waals surface area contributed by atoms with Gasteiger partial charge in [-0.25, -0.2) is 0 Å². The Morgan fingerprint density at radius 3 is 2.36 bits per heavy atom. The first kappa shape index (κ1) is 10.8. The lowest BCUT2D eigenvalue weighted by Gasteiger charge is -2.12. The largest absolute Gasteiger partial charge is 0.481 e. The first-order valence-corrected chi connectivity index (χ1v) is 4.91. The van der Waals surface area contributed by atoms with Gasteiger partial charge in [-0.2, -0.15) is 0 Å². The number of hydrogen-bond acceptors (Lipinski definition) is 1. The zero-order valence-electron chi connectivity index (χ0n) is 8.66. The van der Waals surface area contributed by atoms with Gasteiger partial charge in [0.15, 0.2) is 0 Å². The maximum Gasteiger partial charge on any atom is 0.303 e. The predicted molar refractivity (Wildman–Crippen MR) is 56.5 cm³/mol. The van der Waals surface area contributed by atoms with Crippen LogP contribution in [0.4, 0.5) is 0 Å². The Bertz CT molecular complexity index is 301. The monoisotopic (exact) mass is 192 g/mol. The molecule has 0 aliphatic carbocycles. The molecule has 2 heteroatoms. The summed E-state index contributed by atoms with van der Waals surface area (Å²) in [6, 6.07) is 8.10. The summed E-state index contributed by atoms with van der Waals surface area (Å²) in [4.78, 5) is 10.6. The van der Waals surface area contributed by atoms with Crippen LogP contribution in [0.2, 0.25) is 0 Å². The molecular weight excluding hydrogens is 176 g/mol. The van der Waals surface area contributed by atoms with E-state index in [4.69, 9.17) is 5.11 Å². The fourth-order valence-electron chi connectivity index (χ4n) is 1.55. The first-order chi connectivity index (χ1) is 6.63. The van der Waals surface area contributed by atoms with Crippen LogP contribution in [0.3, 0.4) is 0 Å². The van der Waals surface area contributed by atoms with Crippen molar-refractivity contribution in [2.75, 3.05) is 0 Å². The number of hydrogen-bond donors (Lipinski definition) is 1. The van der Waals surface area contributed by atoms with Crippen molar-refractivity contribution >= 4 is 5.97 Å². The lowest BCUT2D eigenvalue weighted by Crippen LogP contribution is -2.05. The van der Waals surface area contributed by atoms with Crippen LogP contribution >= 0.6 is 0 Å². The molecule has 1 atom stereocenters. The highest BCUT2D eigenvalue weighted by Crippen LogP contribution is 2.23. The summed E-state index contributed by atoms with van der Waals surface area (Å²) >= 11 is 0. The van der Waals surface area contributed by atoms with Crippen LogP contribution in [-0.2, 0) is 4.79 Å². The van der Waals surface area contributed by atoms with Crippen molar-refractivity contribution in [2.24, 2.45) is 0 Å². The molecule has 1 rings (SSSR count). The number of carboxylic acids is 1. The molecule has 0 bridgehead atoms. The third-order valence-electron chi connectivity index (χ3n) is 2.46. The van der Waals surface area contributed by atoms with Gasteiger partial charge in [-0.15, -0.1) is 0 Å². The van der Waals surface area contributed by atoms with E-state index in [0.29, 0.717) is 0 Å². The standard InChI is InChI=1S/C12H16O2/c1-3-10(8-12(13)14)11-6-4-9(2)5-7-11/h4-7,10H,3,8H2,1-2H3,(H,13,14). The molecule has 0 radical (unpaired) electrons. The molecular formula is C12H16O2. The van der Waals surface area contributed by atoms with Crippen molar-refractivity contribution in [3.8, 4) is 0 Å². The molecule has 1 aromatic rings. The Morgan fingerprint density at radius 1 is 1.36 bits per heavy atom. The van der Waals surface area contributed by atoms with Crippen LogP contribution in [0.15, 0.2) is 24.3 Å². The van der Waals surface area contributed by atoms with E-state index >= 15 is 0 Å². The van der Waals surface area contributed by atoms with Crippen LogP contribution in [0, 0.1) is 6.92 Å². The van der Waals surface area contributed by atoms with Crippen molar-refractivity contribution in [1.82, 2.24) is 0 Å². The van der Waals surface area contributed by atoms with Crippen molar-refractivity contribution in [2.45, 2.75) is 32.6 Å². The summed E-state index contributed by atoms with van der Waals surface area (Å²) < 4.78 is 0. The van der Waals surface area contributed by atoms with E-state index < -0.39 is 5.97 Å². The minimum absolute atomic E-state index is 0.146. The summed E-state index contributed by atoms with van der Waals surface area (Å²) in [5.41, 5.74) is 2.33. The Kier molecular flexibility index (Phi) is 3.69. The Balaban J connectivity index is 2.78. The Morgan fingerprint density at radius 2 is 1.93 bits per heavy atom. The Hall–Kier alpha value is -1.31. The van der Waals surface area contributed by atoms with E-state index in [0.717, 1.165) is 12.0 Å². The fourth-order valence-corrected chi connectivity index (χ4v) is 1.55. The molecule has 76 valence electrons. The van der Waals surface area contributed by atoms with Gasteiger partial charge in [-0.3, -0.25) is 4.79 Å². The topological polar surface area (TPSA) is 37.3 Å². The van der Waals surface area contributed by atoms with Crippen LogP contribution in [0.25, 0.3) is 0 Å². The second-order valence-electron chi connectivity index (χ2n) is 3.61. The quantitative estimate of drug-likeness (QED) is 0.796. The molecule has 0 saturated heterocycles. The predicted octanol–water partition coefficient (Wildman–Crippen LogP) is 2.96. The van der Waals surface area contributed by atoms with Crippen molar-refractivity contribution < 1.29 is 9.90 Å². The minimum Gasteiger partial charge on any atom is -0.481 e. The molecule has 0 spiro atoms. The molecule has 0 fully saturated rings. The average Bonchev–Trinajstić information content (AvgIpc) is 2.15. The minimum atomic E-state index is -0.725. The number of benzene rings is 1. The summed E-state index contributed by atoms with van der Waals surface area (Å²) in [5, 5.41) is 8.73. The SMILES string of the molecule is CCC(CC(=O)O)c1ccc(C)cc1. The van der Waals surface area contributed by atoms with E-state index in [-0.39, 0.29) is 12.3 Å². The maximum atomic E-state index is 10.6. The van der Waals surface area contributed by atoms with Gasteiger partial charge in [0.05, 0.1) is 6.42 Å². The zero-order chi connectivity index (χ0) is 10.6. The Labute approximate surface area is 84.6 Å². The maximum absolute atomic E-state index is 10.6. The molecule has 1 N–H and O–H groups in total. The second-order valence-corrected chi connectivity index (χ2v) is 3.61. The molecule has 0 aromatic heterocycles. The molecule has 1 aromatic carbocycles. The number of carboxylic acid groups (broad SMARTS) is 1. The molecule has 0 amide bonds. The van der Waals surface area contributed by atoms with Crippen molar-refractivity contribution in [3.05, 3.63) is 35.4 Å².